The summed E-state index contributed by atoms with van der Waals surface area (Å²) in [5.41, 5.74) is 0. The Morgan fingerprint density at radius 1 is 0.792 bits per heavy atom. The fourth-order valence-corrected chi connectivity index (χ4v) is 0.771. The van der Waals surface area contributed by atoms with Gasteiger partial charge in [-0.1, -0.05) is 6.08 Å². The maximum atomic E-state index is 10.6. The number of allylic oxidation sites excluding steroid dienone is 1. The lowest BCUT2D eigenvalue weighted by atomic mass is 10.4. The standard InChI is InChI=1S/C9H14O6.C3H6.3C2H4/c1-6(10)13-4-9(15-8(3)12)5-14-7(2)11;1-3-2;3*1-2/h9H,4-5H2,1-3H3;3H,1H2,2H3;3*1-2H2. The molecule has 0 rings (SSSR count). The Balaban J connectivity index is -0.000000113. The molecule has 0 bridgehead atoms. The number of carbonyl (C=O) groups excluding carboxylic acids is 3. The average molecular weight is 344 g/mol. The van der Waals surface area contributed by atoms with Crippen LogP contribution in [0.15, 0.2) is 52.1 Å². The fourth-order valence-electron chi connectivity index (χ4n) is 0.771. The van der Waals surface area contributed by atoms with Gasteiger partial charge in [-0.25, -0.2) is 0 Å². The van der Waals surface area contributed by atoms with E-state index in [0.29, 0.717) is 0 Å². The van der Waals surface area contributed by atoms with Crippen LogP contribution < -0.4 is 0 Å². The fraction of sp³-hybridized carbons (Fsp3) is 0.389. The Morgan fingerprint density at radius 3 is 1.21 bits per heavy atom. The molecule has 0 spiro atoms. The maximum absolute atomic E-state index is 10.6. The first-order valence-electron chi connectivity index (χ1n) is 6.84. The van der Waals surface area contributed by atoms with Crippen molar-refractivity contribution in [3.8, 4) is 0 Å². The van der Waals surface area contributed by atoms with Crippen molar-refractivity contribution < 1.29 is 28.6 Å². The van der Waals surface area contributed by atoms with E-state index in [1.807, 2.05) is 6.92 Å². The molecule has 0 fully saturated rings. The van der Waals surface area contributed by atoms with Crippen molar-refractivity contribution >= 4 is 17.9 Å². The van der Waals surface area contributed by atoms with Gasteiger partial charge < -0.3 is 14.2 Å². The van der Waals surface area contributed by atoms with E-state index < -0.39 is 24.0 Å². The molecule has 6 nitrogen and oxygen atoms in total. The van der Waals surface area contributed by atoms with Crippen LogP contribution in [-0.4, -0.2) is 37.2 Å². The van der Waals surface area contributed by atoms with E-state index in [1.54, 1.807) is 6.08 Å². The summed E-state index contributed by atoms with van der Waals surface area (Å²) in [5, 5.41) is 0. The molecule has 0 N–H and O–H groups in total. The van der Waals surface area contributed by atoms with Crippen LogP contribution in [0.1, 0.15) is 27.7 Å². The molecule has 0 aliphatic rings. The highest BCUT2D eigenvalue weighted by Crippen LogP contribution is 1.97. The molecule has 0 aliphatic heterocycles. The number of hydrogen-bond donors (Lipinski definition) is 0. The van der Waals surface area contributed by atoms with Gasteiger partial charge in [0.25, 0.3) is 0 Å². The first-order chi connectivity index (χ1) is 11.3. The van der Waals surface area contributed by atoms with Crippen LogP contribution in [0.25, 0.3) is 0 Å². The van der Waals surface area contributed by atoms with Crippen LogP contribution in [-0.2, 0) is 28.6 Å². The van der Waals surface area contributed by atoms with Crippen LogP contribution in [0.5, 0.6) is 0 Å². The Labute approximate surface area is 146 Å². The normalized spacial score (nSPS) is 7.04. The Kier molecular flexibility index (Phi) is 44.6. The van der Waals surface area contributed by atoms with E-state index in [4.69, 9.17) is 4.74 Å². The molecule has 6 heteroatoms. The SMILES string of the molecule is C=C.C=C.C=C.C=CC.CC(=O)OCC(COC(C)=O)OC(C)=O. The minimum absolute atomic E-state index is 0.123. The summed E-state index contributed by atoms with van der Waals surface area (Å²) in [6.45, 7) is 26.7. The summed E-state index contributed by atoms with van der Waals surface area (Å²) in [7, 11) is 0. The quantitative estimate of drug-likeness (QED) is 0.430. The Hall–Kier alpha value is -2.63. The highest BCUT2D eigenvalue weighted by atomic mass is 16.6. The molecule has 0 aliphatic carbocycles. The summed E-state index contributed by atoms with van der Waals surface area (Å²) in [6, 6.07) is 0. The monoisotopic (exact) mass is 344 g/mol. The zero-order valence-electron chi connectivity index (χ0n) is 15.5. The molecule has 24 heavy (non-hydrogen) atoms. The second kappa shape index (κ2) is 32.4. The van der Waals surface area contributed by atoms with Gasteiger partial charge >= 0.3 is 17.9 Å². The van der Waals surface area contributed by atoms with E-state index in [1.165, 1.54) is 20.8 Å². The molecule has 0 atom stereocenters. The summed E-state index contributed by atoms with van der Waals surface area (Å²) < 4.78 is 14.0. The summed E-state index contributed by atoms with van der Waals surface area (Å²) in [5.74, 6) is -1.51. The lowest BCUT2D eigenvalue weighted by Gasteiger charge is -2.15. The van der Waals surface area contributed by atoms with Gasteiger partial charge in [-0.2, -0.15) is 0 Å². The van der Waals surface area contributed by atoms with Gasteiger partial charge in [0.2, 0.25) is 0 Å². The highest BCUT2D eigenvalue weighted by Gasteiger charge is 2.15. The van der Waals surface area contributed by atoms with E-state index in [0.717, 1.165) is 0 Å². The van der Waals surface area contributed by atoms with E-state index >= 15 is 0 Å². The van der Waals surface area contributed by atoms with Crippen LogP contribution in [0.3, 0.4) is 0 Å². The van der Waals surface area contributed by atoms with Crippen molar-refractivity contribution in [3.05, 3.63) is 52.1 Å². The predicted octanol–water partition coefficient (Wildman–Crippen LogP) is 3.64. The van der Waals surface area contributed by atoms with Crippen molar-refractivity contribution in [1.82, 2.24) is 0 Å². The topological polar surface area (TPSA) is 78.9 Å². The predicted molar refractivity (Wildman–Crippen MR) is 98.5 cm³/mol. The summed E-state index contributed by atoms with van der Waals surface area (Å²) in [4.78, 5) is 31.6. The molecule has 0 radical (unpaired) electrons. The number of ether oxygens (including phenoxy) is 3. The zero-order chi connectivity index (χ0) is 20.6. The summed E-state index contributed by atoms with van der Waals surface area (Å²) in [6.07, 6.45) is 0.996. The Morgan fingerprint density at radius 2 is 1.04 bits per heavy atom. The third-order valence-electron chi connectivity index (χ3n) is 1.28. The number of carbonyl (C=O) groups is 3. The largest absolute Gasteiger partial charge is 0.462 e. The van der Waals surface area contributed by atoms with Gasteiger partial charge in [0, 0.05) is 20.8 Å². The van der Waals surface area contributed by atoms with Crippen molar-refractivity contribution in [1.29, 1.82) is 0 Å². The lowest BCUT2D eigenvalue weighted by molar-refractivity contribution is -0.163. The van der Waals surface area contributed by atoms with Gasteiger partial charge in [0.05, 0.1) is 0 Å². The van der Waals surface area contributed by atoms with Crippen molar-refractivity contribution in [3.63, 3.8) is 0 Å². The first-order valence-corrected chi connectivity index (χ1v) is 6.84. The molecule has 0 saturated carbocycles. The molecule has 0 aromatic carbocycles. The molecular formula is C18H32O6. The summed E-state index contributed by atoms with van der Waals surface area (Å²) >= 11 is 0. The van der Waals surface area contributed by atoms with Crippen LogP contribution in [0, 0.1) is 0 Å². The number of hydrogen-bond acceptors (Lipinski definition) is 6. The Bertz CT molecular complexity index is 303. The lowest BCUT2D eigenvalue weighted by Crippen LogP contribution is -2.29. The number of esters is 3. The average Bonchev–Trinajstić information content (AvgIpc) is 2.56. The van der Waals surface area contributed by atoms with Crippen LogP contribution in [0.2, 0.25) is 0 Å². The molecule has 0 heterocycles. The van der Waals surface area contributed by atoms with Crippen molar-refractivity contribution in [2.24, 2.45) is 0 Å². The molecule has 0 aromatic rings. The van der Waals surface area contributed by atoms with E-state index in [9.17, 15) is 14.4 Å². The van der Waals surface area contributed by atoms with Gasteiger partial charge in [0.1, 0.15) is 13.2 Å². The number of rotatable bonds is 5. The highest BCUT2D eigenvalue weighted by molar-refractivity contribution is 5.67. The second-order valence-electron chi connectivity index (χ2n) is 3.24. The van der Waals surface area contributed by atoms with Gasteiger partial charge in [0.15, 0.2) is 6.10 Å². The van der Waals surface area contributed by atoms with Crippen LogP contribution >= 0.6 is 0 Å². The molecule has 140 valence electrons. The zero-order valence-corrected chi connectivity index (χ0v) is 15.5. The first kappa shape index (κ1) is 33.1. The molecule has 0 unspecified atom stereocenters. The minimum Gasteiger partial charge on any atom is -0.462 e. The van der Waals surface area contributed by atoms with E-state index in [2.05, 4.69) is 55.5 Å². The molecule has 0 saturated heterocycles. The molecular weight excluding hydrogens is 312 g/mol. The van der Waals surface area contributed by atoms with Gasteiger partial charge in [-0.3, -0.25) is 14.4 Å². The smallest absolute Gasteiger partial charge is 0.303 e. The van der Waals surface area contributed by atoms with Gasteiger partial charge in [-0.05, 0) is 6.92 Å². The van der Waals surface area contributed by atoms with E-state index in [-0.39, 0.29) is 13.2 Å². The van der Waals surface area contributed by atoms with Crippen LogP contribution in [0.4, 0.5) is 0 Å². The third-order valence-corrected chi connectivity index (χ3v) is 1.28. The van der Waals surface area contributed by atoms with Gasteiger partial charge in [-0.15, -0.1) is 46.1 Å². The second-order valence-corrected chi connectivity index (χ2v) is 3.24. The minimum atomic E-state index is -0.754. The molecule has 0 amide bonds. The van der Waals surface area contributed by atoms with Crippen molar-refractivity contribution in [2.75, 3.05) is 13.2 Å². The van der Waals surface area contributed by atoms with Crippen molar-refractivity contribution in [2.45, 2.75) is 33.8 Å². The maximum Gasteiger partial charge on any atom is 0.303 e. The molecule has 0 aromatic heterocycles. The third kappa shape index (κ3) is 50.6.